The summed E-state index contributed by atoms with van der Waals surface area (Å²) in [5.41, 5.74) is 19.9. The maximum Gasteiger partial charge on any atom is 0.0713 e. The highest BCUT2D eigenvalue weighted by atomic mass is 15.0. The van der Waals surface area contributed by atoms with Gasteiger partial charge in [-0.3, -0.25) is 0 Å². The standard InChI is InChI=1S/C63H42N2/c1-3-19-47(20-4-1)63(48-21-5-2-6-22-48)57-25-13-11-23-51(57)53-40-62-56(39-58(53)63)55-38-46(30-34-61(55)65(62)50-32-28-42-16-8-10-18-44(42)36-50)45-29-33-60-54(37-45)52-24-12-14-26-59(52)64(60)49-31-27-41-15-7-9-17-43(41)35-49/h1-27,29-31,33-40H,28,32H2. The van der Waals surface area contributed by atoms with Crippen molar-refractivity contribution < 1.29 is 0 Å². The summed E-state index contributed by atoms with van der Waals surface area (Å²) in [4.78, 5) is 0. The summed E-state index contributed by atoms with van der Waals surface area (Å²) in [6.07, 6.45) is 4.43. The number of aromatic nitrogens is 2. The fourth-order valence-corrected chi connectivity index (χ4v) is 11.8. The van der Waals surface area contributed by atoms with Crippen LogP contribution in [0.2, 0.25) is 0 Å². The quantitative estimate of drug-likeness (QED) is 0.164. The Balaban J connectivity index is 1.03. The van der Waals surface area contributed by atoms with Gasteiger partial charge in [-0.1, -0.05) is 170 Å². The summed E-state index contributed by atoms with van der Waals surface area (Å²) in [7, 11) is 0. The van der Waals surface area contributed by atoms with Crippen molar-refractivity contribution in [3.63, 3.8) is 0 Å². The fraction of sp³-hybridized carbons (Fsp3) is 0.0476. The minimum Gasteiger partial charge on any atom is -0.313 e. The molecule has 2 heteroatoms. The van der Waals surface area contributed by atoms with E-state index in [9.17, 15) is 0 Å². The van der Waals surface area contributed by atoms with Crippen LogP contribution in [-0.2, 0) is 11.8 Å². The highest BCUT2D eigenvalue weighted by Crippen LogP contribution is 2.57. The number of fused-ring (bicyclic) bond motifs is 11. The molecule has 2 aliphatic carbocycles. The maximum absolute atomic E-state index is 2.58. The molecule has 0 amide bonds. The van der Waals surface area contributed by atoms with Crippen molar-refractivity contribution in [2.75, 3.05) is 0 Å². The van der Waals surface area contributed by atoms with E-state index in [4.69, 9.17) is 0 Å². The highest BCUT2D eigenvalue weighted by molar-refractivity contribution is 6.15. The number of rotatable bonds is 5. The van der Waals surface area contributed by atoms with Crippen LogP contribution in [0.5, 0.6) is 0 Å². The van der Waals surface area contributed by atoms with Crippen LogP contribution in [-0.4, -0.2) is 9.13 Å². The molecular weight excluding hydrogens is 785 g/mol. The van der Waals surface area contributed by atoms with Crippen LogP contribution in [0, 0.1) is 0 Å². The summed E-state index contributed by atoms with van der Waals surface area (Å²) in [5, 5.41) is 7.55. The molecule has 2 heterocycles. The van der Waals surface area contributed by atoms with E-state index in [1.807, 2.05) is 0 Å². The third-order valence-electron chi connectivity index (χ3n) is 14.7. The van der Waals surface area contributed by atoms with Gasteiger partial charge in [0.25, 0.3) is 0 Å². The number of nitrogens with zero attached hydrogens (tertiary/aromatic N) is 2. The predicted molar refractivity (Wildman–Crippen MR) is 273 cm³/mol. The molecule has 0 fully saturated rings. The SMILES string of the molecule is C1=C(n2c3ccc(-c4ccc5c(c4)c4ccccc4n5-c4ccc5ccccc5c4)cc3c3cc4c(cc32)-c2ccccc2C4(c2ccccc2)c2ccccc2)CCc2ccccc21. The lowest BCUT2D eigenvalue weighted by Gasteiger charge is -2.34. The Hall–Kier alpha value is -8.20. The van der Waals surface area contributed by atoms with Crippen molar-refractivity contribution in [2.45, 2.75) is 18.3 Å². The molecule has 0 N–H and O–H groups in total. The molecule has 0 aliphatic heterocycles. The Kier molecular flexibility index (Phi) is 7.76. The van der Waals surface area contributed by atoms with E-state index in [1.54, 1.807) is 0 Å². The Labute approximate surface area is 377 Å². The van der Waals surface area contributed by atoms with Crippen molar-refractivity contribution in [3.8, 4) is 27.9 Å². The lowest BCUT2D eigenvalue weighted by atomic mass is 9.67. The number of benzene rings is 10. The molecule has 2 nitrogen and oxygen atoms in total. The van der Waals surface area contributed by atoms with E-state index in [0.29, 0.717) is 0 Å². The van der Waals surface area contributed by atoms with E-state index in [1.165, 1.54) is 121 Å². The summed E-state index contributed by atoms with van der Waals surface area (Å²) >= 11 is 0. The lowest BCUT2D eigenvalue weighted by molar-refractivity contribution is 0.769. The topological polar surface area (TPSA) is 9.86 Å². The second-order valence-corrected chi connectivity index (χ2v) is 18.0. The minimum absolute atomic E-state index is 0.484. The van der Waals surface area contributed by atoms with Crippen LogP contribution < -0.4 is 0 Å². The maximum atomic E-state index is 2.58. The lowest BCUT2D eigenvalue weighted by Crippen LogP contribution is -2.28. The van der Waals surface area contributed by atoms with E-state index >= 15 is 0 Å². The average molecular weight is 827 g/mol. The van der Waals surface area contributed by atoms with E-state index in [0.717, 1.165) is 12.8 Å². The van der Waals surface area contributed by atoms with Crippen LogP contribution in [0.4, 0.5) is 0 Å². The molecule has 0 unspecified atom stereocenters. The first kappa shape index (κ1) is 36.3. The number of hydrogen-bond donors (Lipinski definition) is 0. The molecule has 0 saturated heterocycles. The smallest absolute Gasteiger partial charge is 0.0713 e. The highest BCUT2D eigenvalue weighted by Gasteiger charge is 2.46. The normalized spacial score (nSPS) is 13.9. The molecule has 0 saturated carbocycles. The first-order chi connectivity index (χ1) is 32.2. The molecule has 304 valence electrons. The minimum atomic E-state index is -0.484. The van der Waals surface area contributed by atoms with Gasteiger partial charge in [-0.05, 0) is 140 Å². The zero-order valence-electron chi connectivity index (χ0n) is 35.7. The molecular formula is C63H42N2. The number of aryl methyl sites for hydroxylation is 1. The van der Waals surface area contributed by atoms with Gasteiger partial charge in [-0.25, -0.2) is 0 Å². The summed E-state index contributed by atoms with van der Waals surface area (Å²) < 4.78 is 5.01. The first-order valence-corrected chi connectivity index (χ1v) is 22.9. The molecule has 2 aliphatic rings. The Morgan fingerprint density at radius 1 is 0.354 bits per heavy atom. The van der Waals surface area contributed by atoms with E-state index in [-0.39, 0.29) is 0 Å². The van der Waals surface area contributed by atoms with Crippen LogP contribution in [0.25, 0.3) is 94.1 Å². The van der Waals surface area contributed by atoms with Gasteiger partial charge in [-0.2, -0.15) is 0 Å². The van der Waals surface area contributed by atoms with Crippen molar-refractivity contribution in [2.24, 2.45) is 0 Å². The van der Waals surface area contributed by atoms with Gasteiger partial charge < -0.3 is 9.13 Å². The summed E-state index contributed by atoms with van der Waals surface area (Å²) in [6.45, 7) is 0. The third kappa shape index (κ3) is 5.23. The van der Waals surface area contributed by atoms with Gasteiger partial charge in [0.15, 0.2) is 0 Å². The van der Waals surface area contributed by atoms with Crippen molar-refractivity contribution in [3.05, 3.63) is 258 Å². The van der Waals surface area contributed by atoms with E-state index in [2.05, 4.69) is 240 Å². The third-order valence-corrected chi connectivity index (χ3v) is 14.7. The molecule has 2 aromatic heterocycles. The fourth-order valence-electron chi connectivity index (χ4n) is 11.8. The molecule has 0 atom stereocenters. The number of hydrogen-bond acceptors (Lipinski definition) is 0. The van der Waals surface area contributed by atoms with Gasteiger partial charge in [0.1, 0.15) is 0 Å². The second-order valence-electron chi connectivity index (χ2n) is 18.0. The van der Waals surface area contributed by atoms with Crippen molar-refractivity contribution in [1.82, 2.24) is 9.13 Å². The van der Waals surface area contributed by atoms with E-state index < -0.39 is 5.41 Å². The monoisotopic (exact) mass is 826 g/mol. The van der Waals surface area contributed by atoms with Crippen LogP contribution >= 0.6 is 0 Å². The van der Waals surface area contributed by atoms with Crippen molar-refractivity contribution >= 4 is 66.2 Å². The first-order valence-electron chi connectivity index (χ1n) is 22.9. The van der Waals surface area contributed by atoms with Crippen LogP contribution in [0.1, 0.15) is 39.8 Å². The summed E-state index contributed by atoms with van der Waals surface area (Å²) in [6, 6.07) is 84.0. The van der Waals surface area contributed by atoms with Gasteiger partial charge in [0, 0.05) is 32.9 Å². The van der Waals surface area contributed by atoms with Gasteiger partial charge in [0.2, 0.25) is 0 Å². The molecule has 0 radical (unpaired) electrons. The average Bonchev–Trinajstić information content (AvgIpc) is 3.99. The molecule has 10 aromatic carbocycles. The van der Waals surface area contributed by atoms with Gasteiger partial charge >= 0.3 is 0 Å². The number of para-hydroxylation sites is 1. The van der Waals surface area contributed by atoms with Crippen molar-refractivity contribution in [1.29, 1.82) is 0 Å². The second kappa shape index (κ2) is 13.9. The molecule has 65 heavy (non-hydrogen) atoms. The predicted octanol–water partition coefficient (Wildman–Crippen LogP) is 16.0. The number of allylic oxidation sites excluding steroid dienone is 1. The summed E-state index contributed by atoms with van der Waals surface area (Å²) in [5.74, 6) is 0. The largest absolute Gasteiger partial charge is 0.313 e. The molecule has 12 aromatic rings. The molecule has 0 spiro atoms. The van der Waals surface area contributed by atoms with Crippen LogP contribution in [0.15, 0.2) is 224 Å². The van der Waals surface area contributed by atoms with Gasteiger partial charge in [0.05, 0.1) is 27.5 Å². The molecule has 0 bridgehead atoms. The Morgan fingerprint density at radius 2 is 0.969 bits per heavy atom. The van der Waals surface area contributed by atoms with Crippen LogP contribution in [0.3, 0.4) is 0 Å². The van der Waals surface area contributed by atoms with Gasteiger partial charge in [-0.15, -0.1) is 0 Å². The zero-order valence-corrected chi connectivity index (χ0v) is 35.7. The Morgan fingerprint density at radius 3 is 1.77 bits per heavy atom. The molecule has 14 rings (SSSR count). The Bertz CT molecular complexity index is 3900. The zero-order chi connectivity index (χ0) is 42.6.